The lowest BCUT2D eigenvalue weighted by molar-refractivity contribution is -0.390. The summed E-state index contributed by atoms with van der Waals surface area (Å²) in [5.41, 5.74) is 7.31. The first-order chi connectivity index (χ1) is 12.7. The van der Waals surface area contributed by atoms with Crippen LogP contribution in [0.5, 0.6) is 0 Å². The largest absolute Gasteiger partial charge is 0.404 e. The van der Waals surface area contributed by atoms with E-state index < -0.39 is 16.7 Å². The first kappa shape index (κ1) is 19.5. The third-order valence-corrected chi connectivity index (χ3v) is 6.69. The average Bonchev–Trinajstić information content (AvgIpc) is 3.06. The lowest BCUT2D eigenvalue weighted by atomic mass is 9.88. The van der Waals surface area contributed by atoms with Gasteiger partial charge in [0.1, 0.15) is 16.0 Å². The Morgan fingerprint density at radius 2 is 2.22 bits per heavy atom. The van der Waals surface area contributed by atoms with Crippen molar-refractivity contribution in [3.8, 4) is 0 Å². The second kappa shape index (κ2) is 7.39. The van der Waals surface area contributed by atoms with Gasteiger partial charge in [-0.2, -0.15) is 4.68 Å². The van der Waals surface area contributed by atoms with E-state index in [2.05, 4.69) is 33.3 Å². The van der Waals surface area contributed by atoms with Gasteiger partial charge in [-0.15, -0.1) is 11.3 Å². The maximum absolute atomic E-state index is 12.5. The second-order valence-corrected chi connectivity index (χ2v) is 8.50. The molecule has 1 aliphatic carbocycles. The Labute approximate surface area is 167 Å². The van der Waals surface area contributed by atoms with Gasteiger partial charge in [-0.25, -0.2) is 0 Å². The number of carbonyl (C=O) groups excluding carboxylic acids is 2. The third kappa shape index (κ3) is 3.74. The fourth-order valence-corrected chi connectivity index (χ4v) is 5.04. The summed E-state index contributed by atoms with van der Waals surface area (Å²) in [4.78, 5) is 35.8. The van der Waals surface area contributed by atoms with Crippen LogP contribution in [0.15, 0.2) is 4.47 Å². The van der Waals surface area contributed by atoms with Crippen molar-refractivity contribution in [2.24, 2.45) is 11.7 Å². The van der Waals surface area contributed by atoms with Gasteiger partial charge in [0.2, 0.25) is 5.91 Å². The number of primary amides is 1. The number of amides is 2. The van der Waals surface area contributed by atoms with Crippen molar-refractivity contribution >= 4 is 49.9 Å². The van der Waals surface area contributed by atoms with E-state index in [0.29, 0.717) is 22.2 Å². The monoisotopic (exact) mass is 455 g/mol. The Balaban J connectivity index is 1.84. The van der Waals surface area contributed by atoms with Gasteiger partial charge in [0.25, 0.3) is 5.91 Å². The highest BCUT2D eigenvalue weighted by Gasteiger charge is 2.28. The minimum absolute atomic E-state index is 0.213. The average molecular weight is 456 g/mol. The van der Waals surface area contributed by atoms with Crippen molar-refractivity contribution in [1.29, 1.82) is 0 Å². The summed E-state index contributed by atoms with van der Waals surface area (Å²) in [6.45, 7) is 3.56. The standard InChI is InChI=1S/C16H18BrN5O4S/c1-7-3-4-9-10(5-7)27-16(12(9)14(18)24)19-11(23)6-21-8(2)13(17)15(20-21)22(25)26/h7H,3-6H2,1-2H3,(H2,18,24)(H,19,23)/t7-/m1/s1. The molecule has 0 saturated heterocycles. The Kier molecular flexibility index (Phi) is 5.33. The van der Waals surface area contributed by atoms with Gasteiger partial charge in [-0.3, -0.25) is 9.59 Å². The number of nitrogens with one attached hydrogen (secondary N) is 1. The molecule has 0 bridgehead atoms. The fraction of sp³-hybridized carbons (Fsp3) is 0.438. The number of nitro groups is 1. The molecule has 144 valence electrons. The number of hydrogen-bond acceptors (Lipinski definition) is 6. The molecule has 0 spiro atoms. The van der Waals surface area contributed by atoms with E-state index in [0.717, 1.165) is 29.7 Å². The van der Waals surface area contributed by atoms with Gasteiger partial charge in [-0.05, 0) is 58.5 Å². The Hall–Kier alpha value is -2.27. The zero-order valence-electron chi connectivity index (χ0n) is 14.7. The molecule has 1 aliphatic rings. The minimum atomic E-state index is -0.620. The van der Waals surface area contributed by atoms with E-state index >= 15 is 0 Å². The van der Waals surface area contributed by atoms with Crippen molar-refractivity contribution in [2.45, 2.75) is 39.7 Å². The van der Waals surface area contributed by atoms with Crippen LogP contribution in [0.1, 0.15) is 39.8 Å². The second-order valence-electron chi connectivity index (χ2n) is 6.61. The highest BCUT2D eigenvalue weighted by molar-refractivity contribution is 9.10. The van der Waals surface area contributed by atoms with Crippen LogP contribution in [0.25, 0.3) is 0 Å². The van der Waals surface area contributed by atoms with Gasteiger partial charge >= 0.3 is 5.82 Å². The van der Waals surface area contributed by atoms with Gasteiger partial charge in [-0.1, -0.05) is 6.92 Å². The molecule has 2 aromatic heterocycles. The highest BCUT2D eigenvalue weighted by atomic mass is 79.9. The summed E-state index contributed by atoms with van der Waals surface area (Å²) in [7, 11) is 0. The molecule has 2 aromatic rings. The molecular formula is C16H18BrN5O4S. The Morgan fingerprint density at radius 3 is 2.81 bits per heavy atom. The van der Waals surface area contributed by atoms with Gasteiger partial charge < -0.3 is 21.2 Å². The molecule has 0 radical (unpaired) electrons. The number of rotatable bonds is 5. The number of halogens is 1. The molecule has 0 unspecified atom stereocenters. The predicted molar refractivity (Wildman–Crippen MR) is 104 cm³/mol. The van der Waals surface area contributed by atoms with E-state index in [1.54, 1.807) is 6.92 Å². The van der Waals surface area contributed by atoms with Crippen LogP contribution in [0.4, 0.5) is 10.8 Å². The summed E-state index contributed by atoms with van der Waals surface area (Å²) in [6.07, 6.45) is 2.59. The quantitative estimate of drug-likeness (QED) is 0.527. The van der Waals surface area contributed by atoms with Gasteiger partial charge in [0.15, 0.2) is 0 Å². The maximum Gasteiger partial charge on any atom is 0.404 e. The number of carbonyl (C=O) groups is 2. The van der Waals surface area contributed by atoms with E-state index in [4.69, 9.17) is 5.73 Å². The molecule has 3 N–H and O–H groups in total. The number of nitrogens with zero attached hydrogens (tertiary/aromatic N) is 3. The lowest BCUT2D eigenvalue weighted by Crippen LogP contribution is -2.22. The summed E-state index contributed by atoms with van der Waals surface area (Å²) in [6, 6.07) is 0. The molecular weight excluding hydrogens is 438 g/mol. The molecule has 0 saturated carbocycles. The Morgan fingerprint density at radius 1 is 1.52 bits per heavy atom. The van der Waals surface area contributed by atoms with Crippen molar-refractivity contribution in [1.82, 2.24) is 9.78 Å². The van der Waals surface area contributed by atoms with Crippen LogP contribution in [-0.4, -0.2) is 26.5 Å². The molecule has 27 heavy (non-hydrogen) atoms. The summed E-state index contributed by atoms with van der Waals surface area (Å²) < 4.78 is 1.48. The molecule has 11 heteroatoms. The van der Waals surface area contributed by atoms with Crippen LogP contribution >= 0.6 is 27.3 Å². The topological polar surface area (TPSA) is 133 Å². The first-order valence-electron chi connectivity index (χ1n) is 8.30. The van der Waals surface area contributed by atoms with Crippen molar-refractivity contribution in [2.75, 3.05) is 5.32 Å². The van der Waals surface area contributed by atoms with Crippen LogP contribution in [0, 0.1) is 23.0 Å². The Bertz CT molecular complexity index is 951. The number of nitrogens with two attached hydrogens (primary N) is 1. The predicted octanol–water partition coefficient (Wildman–Crippen LogP) is 2.79. The molecule has 1 atom stereocenters. The molecule has 2 amide bonds. The normalized spacial score (nSPS) is 16.0. The highest BCUT2D eigenvalue weighted by Crippen LogP contribution is 2.39. The van der Waals surface area contributed by atoms with E-state index in [1.807, 2.05) is 0 Å². The smallest absolute Gasteiger partial charge is 0.365 e. The van der Waals surface area contributed by atoms with Gasteiger partial charge in [0, 0.05) is 4.88 Å². The van der Waals surface area contributed by atoms with Crippen LogP contribution in [0.3, 0.4) is 0 Å². The maximum atomic E-state index is 12.5. The fourth-order valence-electron chi connectivity index (χ4n) is 3.18. The number of anilines is 1. The van der Waals surface area contributed by atoms with E-state index in [9.17, 15) is 19.7 Å². The van der Waals surface area contributed by atoms with Gasteiger partial charge in [0.05, 0.1) is 16.4 Å². The SMILES string of the molecule is Cc1c(Br)c([N+](=O)[O-])nn1CC(=O)Nc1sc2c(c1C(N)=O)CC[C@@H](C)C2. The number of hydrogen-bond donors (Lipinski definition) is 2. The molecule has 0 aliphatic heterocycles. The van der Waals surface area contributed by atoms with Crippen LogP contribution in [0.2, 0.25) is 0 Å². The van der Waals surface area contributed by atoms with Crippen molar-refractivity contribution in [3.05, 3.63) is 36.3 Å². The lowest BCUT2D eigenvalue weighted by Gasteiger charge is -2.18. The minimum Gasteiger partial charge on any atom is -0.365 e. The summed E-state index contributed by atoms with van der Waals surface area (Å²) >= 11 is 4.49. The molecule has 2 heterocycles. The van der Waals surface area contributed by atoms with E-state index in [-0.39, 0.29) is 16.8 Å². The summed E-state index contributed by atoms with van der Waals surface area (Å²) in [5.74, 6) is -0.827. The number of thiophene rings is 1. The van der Waals surface area contributed by atoms with E-state index in [1.165, 1.54) is 16.0 Å². The first-order valence-corrected chi connectivity index (χ1v) is 9.91. The molecule has 3 rings (SSSR count). The molecule has 0 fully saturated rings. The zero-order chi connectivity index (χ0) is 19.9. The molecule has 9 nitrogen and oxygen atoms in total. The number of fused-ring (bicyclic) bond motifs is 1. The number of aromatic nitrogens is 2. The van der Waals surface area contributed by atoms with Crippen LogP contribution in [-0.2, 0) is 24.2 Å². The van der Waals surface area contributed by atoms with Crippen molar-refractivity contribution < 1.29 is 14.5 Å². The third-order valence-electron chi connectivity index (χ3n) is 4.59. The molecule has 0 aromatic carbocycles. The summed E-state index contributed by atoms with van der Waals surface area (Å²) in [5, 5.41) is 18.0. The zero-order valence-corrected chi connectivity index (χ0v) is 17.1. The van der Waals surface area contributed by atoms with Crippen molar-refractivity contribution in [3.63, 3.8) is 0 Å². The van der Waals surface area contributed by atoms with Crippen LogP contribution < -0.4 is 11.1 Å².